The third-order valence-electron chi connectivity index (χ3n) is 17.2. The number of hydrogen-bond donors (Lipinski definition) is 9. The molecular weight excluding hydrogens is 1030 g/mol. The van der Waals surface area contributed by atoms with Gasteiger partial charge in [0.25, 0.3) is 0 Å². The SMILES string of the molecule is CCCCCCCCCCCCCCCCCCCCCCC/C=C/C(O)C(COC1OC(CO)C(OC2OC(CO)C(O)C(O)C2O)C(O)C1O)NC(=O)CCCCCCCCCCCCCCCCCCCCCCCCCC. The van der Waals surface area contributed by atoms with Crippen molar-refractivity contribution in [1.29, 1.82) is 0 Å². The van der Waals surface area contributed by atoms with Gasteiger partial charge in [-0.25, -0.2) is 0 Å². The number of unbranched alkanes of at least 4 members (excludes halogenated alkanes) is 44. The van der Waals surface area contributed by atoms with Crippen LogP contribution in [0.3, 0.4) is 0 Å². The highest BCUT2D eigenvalue weighted by atomic mass is 16.7. The zero-order valence-electron chi connectivity index (χ0n) is 52.1. The third-order valence-corrected chi connectivity index (χ3v) is 17.2. The average Bonchev–Trinajstić information content (AvgIpc) is 3.47. The van der Waals surface area contributed by atoms with Crippen molar-refractivity contribution in [2.45, 2.75) is 389 Å². The third kappa shape index (κ3) is 37.8. The van der Waals surface area contributed by atoms with Gasteiger partial charge in [-0.2, -0.15) is 0 Å². The molecule has 0 saturated carbocycles. The van der Waals surface area contributed by atoms with Crippen molar-refractivity contribution in [3.05, 3.63) is 12.2 Å². The molecule has 0 aromatic carbocycles. The number of nitrogens with one attached hydrogen (secondary N) is 1. The fourth-order valence-corrected chi connectivity index (χ4v) is 11.7. The molecule has 0 aromatic heterocycles. The normalized spacial score (nSPS) is 24.1. The zero-order chi connectivity index (χ0) is 58.8. The molecule has 9 N–H and O–H groups in total. The van der Waals surface area contributed by atoms with E-state index in [1.54, 1.807) is 6.08 Å². The maximum absolute atomic E-state index is 13.3. The van der Waals surface area contributed by atoms with Gasteiger partial charge in [0.05, 0.1) is 32.0 Å². The van der Waals surface area contributed by atoms with Gasteiger partial charge in [0.15, 0.2) is 12.6 Å². The van der Waals surface area contributed by atoms with Crippen LogP contribution in [-0.4, -0.2) is 140 Å². The quantitative estimate of drug-likeness (QED) is 0.0204. The first kappa shape index (κ1) is 75.8. The molecule has 2 saturated heterocycles. The summed E-state index contributed by atoms with van der Waals surface area (Å²) in [4.78, 5) is 13.3. The number of ether oxygens (including phenoxy) is 4. The summed E-state index contributed by atoms with van der Waals surface area (Å²) in [7, 11) is 0. The van der Waals surface area contributed by atoms with Crippen molar-refractivity contribution < 1.29 is 64.6 Å². The number of amides is 1. The summed E-state index contributed by atoms with van der Waals surface area (Å²) in [6.07, 6.45) is 46.9. The van der Waals surface area contributed by atoms with Crippen molar-refractivity contribution in [2.75, 3.05) is 19.8 Å². The van der Waals surface area contributed by atoms with Crippen LogP contribution in [0, 0.1) is 0 Å². The van der Waals surface area contributed by atoms with E-state index in [-0.39, 0.29) is 18.9 Å². The van der Waals surface area contributed by atoms with Crippen LogP contribution in [0.5, 0.6) is 0 Å². The zero-order valence-corrected chi connectivity index (χ0v) is 52.1. The Kier molecular flexibility index (Phi) is 49.6. The fourth-order valence-electron chi connectivity index (χ4n) is 11.7. The van der Waals surface area contributed by atoms with Gasteiger partial charge in [-0.3, -0.25) is 4.79 Å². The Morgan fingerprint density at radius 2 is 0.765 bits per heavy atom. The van der Waals surface area contributed by atoms with Gasteiger partial charge < -0.3 is 65.1 Å². The molecule has 2 rings (SSSR count). The van der Waals surface area contributed by atoms with E-state index in [1.807, 2.05) is 6.08 Å². The van der Waals surface area contributed by atoms with E-state index in [2.05, 4.69) is 19.2 Å². The Balaban J connectivity index is 1.70. The number of aliphatic hydroxyl groups excluding tert-OH is 8. The van der Waals surface area contributed by atoms with Crippen molar-refractivity contribution in [3.63, 3.8) is 0 Å². The van der Waals surface area contributed by atoms with Crippen LogP contribution < -0.4 is 5.32 Å². The van der Waals surface area contributed by atoms with E-state index in [1.165, 1.54) is 250 Å². The van der Waals surface area contributed by atoms with Crippen LogP contribution in [0.4, 0.5) is 0 Å². The minimum atomic E-state index is -1.79. The number of allylic oxidation sites excluding steroid dienone is 1. The molecule has 0 radical (unpaired) electrons. The first-order valence-corrected chi connectivity index (χ1v) is 34.4. The lowest BCUT2D eigenvalue weighted by Crippen LogP contribution is -2.65. The first-order chi connectivity index (χ1) is 39.6. The summed E-state index contributed by atoms with van der Waals surface area (Å²) in [5.41, 5.74) is 0. The Morgan fingerprint density at radius 1 is 0.432 bits per heavy atom. The second kappa shape index (κ2) is 53.0. The summed E-state index contributed by atoms with van der Waals surface area (Å²) in [6.45, 7) is 2.86. The fraction of sp³-hybridized carbons (Fsp3) is 0.955. The second-order valence-electron chi connectivity index (χ2n) is 24.7. The van der Waals surface area contributed by atoms with Crippen LogP contribution in [0.15, 0.2) is 12.2 Å². The number of aliphatic hydroxyl groups is 8. The average molecular weight is 1160 g/mol. The monoisotopic (exact) mass is 1160 g/mol. The first-order valence-electron chi connectivity index (χ1n) is 34.4. The van der Waals surface area contributed by atoms with Gasteiger partial charge >= 0.3 is 0 Å². The lowest BCUT2D eigenvalue weighted by atomic mass is 9.97. The van der Waals surface area contributed by atoms with Gasteiger partial charge in [-0.15, -0.1) is 0 Å². The van der Waals surface area contributed by atoms with Crippen molar-refractivity contribution in [3.8, 4) is 0 Å². The Bertz CT molecular complexity index is 1410. The molecule has 12 unspecified atom stereocenters. The smallest absolute Gasteiger partial charge is 0.220 e. The van der Waals surface area contributed by atoms with Gasteiger partial charge in [0, 0.05) is 6.42 Å². The Morgan fingerprint density at radius 3 is 1.14 bits per heavy atom. The van der Waals surface area contributed by atoms with Crippen LogP contribution in [0.25, 0.3) is 0 Å². The predicted molar refractivity (Wildman–Crippen MR) is 328 cm³/mol. The lowest BCUT2D eigenvalue weighted by molar-refractivity contribution is -0.359. The molecule has 2 aliphatic rings. The summed E-state index contributed by atoms with van der Waals surface area (Å²) < 4.78 is 22.9. The summed E-state index contributed by atoms with van der Waals surface area (Å²) in [5.74, 6) is -0.231. The minimum absolute atomic E-state index is 0.231. The van der Waals surface area contributed by atoms with Gasteiger partial charge in [0.2, 0.25) is 5.91 Å². The van der Waals surface area contributed by atoms with Crippen molar-refractivity contribution in [2.24, 2.45) is 0 Å². The number of hydrogen-bond acceptors (Lipinski definition) is 13. The highest BCUT2D eigenvalue weighted by molar-refractivity contribution is 5.76. The van der Waals surface area contributed by atoms with E-state index in [4.69, 9.17) is 18.9 Å². The molecule has 0 bridgehead atoms. The molecule has 0 aromatic rings. The number of rotatable bonds is 57. The van der Waals surface area contributed by atoms with Gasteiger partial charge in [0.1, 0.15) is 48.8 Å². The van der Waals surface area contributed by atoms with E-state index in [0.717, 1.165) is 38.5 Å². The summed E-state index contributed by atoms with van der Waals surface area (Å²) >= 11 is 0. The minimum Gasteiger partial charge on any atom is -0.394 e. The van der Waals surface area contributed by atoms with E-state index in [0.29, 0.717) is 6.42 Å². The number of carbonyl (C=O) groups is 1. The molecular formula is C67H129NO13. The van der Waals surface area contributed by atoms with Crippen LogP contribution in [0.2, 0.25) is 0 Å². The molecule has 12 atom stereocenters. The molecule has 14 nitrogen and oxygen atoms in total. The molecule has 1 amide bonds. The van der Waals surface area contributed by atoms with Crippen molar-refractivity contribution in [1.82, 2.24) is 5.32 Å². The van der Waals surface area contributed by atoms with E-state index in [9.17, 15) is 45.6 Å². The van der Waals surface area contributed by atoms with E-state index < -0.39 is 86.8 Å². The van der Waals surface area contributed by atoms with E-state index >= 15 is 0 Å². The molecule has 14 heteroatoms. The molecule has 2 aliphatic heterocycles. The molecule has 480 valence electrons. The Labute approximate surface area is 495 Å². The highest BCUT2D eigenvalue weighted by Crippen LogP contribution is 2.30. The maximum Gasteiger partial charge on any atom is 0.220 e. The maximum atomic E-state index is 13.3. The van der Waals surface area contributed by atoms with Crippen LogP contribution in [-0.2, 0) is 23.7 Å². The molecule has 0 spiro atoms. The molecule has 2 fully saturated rings. The second-order valence-corrected chi connectivity index (χ2v) is 24.7. The van der Waals surface area contributed by atoms with Crippen molar-refractivity contribution >= 4 is 5.91 Å². The van der Waals surface area contributed by atoms with Crippen LogP contribution in [0.1, 0.15) is 316 Å². The highest BCUT2D eigenvalue weighted by Gasteiger charge is 2.51. The molecule has 2 heterocycles. The standard InChI is InChI=1S/C67H129NO13/c1-3-5-7-9-11-13-15-17-19-21-23-25-27-29-31-33-35-37-39-41-43-45-47-49-51-59(72)68-55(54-78-66-64(77)62(75)65(58(53-70)80-66)81-67-63(76)61(74)60(73)57(52-69)79-67)56(71)50-48-46-44-42-40-38-36-34-32-30-28-26-24-22-20-18-16-14-12-10-8-6-4-2/h48,50,55-58,60-67,69-71,73-77H,3-47,49,51-54H2,1-2H3,(H,68,72)/b50-48+. The molecule has 81 heavy (non-hydrogen) atoms. The van der Waals surface area contributed by atoms with Gasteiger partial charge in [-0.05, 0) is 19.3 Å². The van der Waals surface area contributed by atoms with Crippen LogP contribution >= 0.6 is 0 Å². The topological polar surface area (TPSA) is 228 Å². The summed E-state index contributed by atoms with van der Waals surface area (Å²) in [6, 6.07) is -0.911. The summed E-state index contributed by atoms with van der Waals surface area (Å²) in [5, 5.41) is 87.4. The molecule has 0 aliphatic carbocycles. The number of carbonyl (C=O) groups excluding carboxylic acids is 1. The van der Waals surface area contributed by atoms with Gasteiger partial charge in [-0.1, -0.05) is 302 Å². The lowest BCUT2D eigenvalue weighted by Gasteiger charge is -2.46. The Hall–Kier alpha value is -1.27. The largest absolute Gasteiger partial charge is 0.394 e. The predicted octanol–water partition coefficient (Wildman–Crippen LogP) is 13.4.